The number of likely N-dealkylation sites (tertiary alicyclic amines) is 1. The number of nitrogens with zero attached hydrogens (tertiary/aromatic N) is 1. The van der Waals surface area contributed by atoms with Gasteiger partial charge in [-0.3, -0.25) is 4.90 Å². The van der Waals surface area contributed by atoms with Crippen LogP contribution in [0.1, 0.15) is 12.0 Å². The summed E-state index contributed by atoms with van der Waals surface area (Å²) in [6, 6.07) is 23.0. The van der Waals surface area contributed by atoms with E-state index in [0.29, 0.717) is 0 Å². The molecule has 2 heteroatoms. The Balaban J connectivity index is 1.45. The second-order valence-corrected chi connectivity index (χ2v) is 8.50. The monoisotopic (exact) mass is 281 g/mol. The SMILES string of the molecule is c1ccc(CN2C[C@@H]3C[C@H]2C[P@]3c2ccccc2)cc1. The highest BCUT2D eigenvalue weighted by atomic mass is 31.1. The molecule has 2 bridgehead atoms. The summed E-state index contributed by atoms with van der Waals surface area (Å²) in [4.78, 5) is 2.71. The molecule has 0 aromatic heterocycles. The number of benzene rings is 2. The van der Waals surface area contributed by atoms with Crippen molar-refractivity contribution in [2.45, 2.75) is 24.7 Å². The van der Waals surface area contributed by atoms with E-state index in [4.69, 9.17) is 0 Å². The van der Waals surface area contributed by atoms with E-state index in [1.807, 2.05) is 0 Å². The number of hydrogen-bond donors (Lipinski definition) is 0. The largest absolute Gasteiger partial charge is 0.295 e. The lowest BCUT2D eigenvalue weighted by Gasteiger charge is -2.32. The Morgan fingerprint density at radius 1 is 0.950 bits per heavy atom. The Labute approximate surface area is 122 Å². The van der Waals surface area contributed by atoms with E-state index in [9.17, 15) is 0 Å². The molecule has 2 fully saturated rings. The predicted octanol–water partition coefficient (Wildman–Crippen LogP) is 3.45. The van der Waals surface area contributed by atoms with Crippen molar-refractivity contribution in [1.82, 2.24) is 4.90 Å². The Hall–Kier alpha value is -1.17. The molecule has 2 aliphatic heterocycles. The molecule has 0 radical (unpaired) electrons. The topological polar surface area (TPSA) is 3.24 Å². The zero-order chi connectivity index (χ0) is 13.4. The molecule has 0 amide bonds. The second-order valence-electron chi connectivity index (χ2n) is 5.95. The molecule has 1 nitrogen and oxygen atoms in total. The summed E-state index contributed by atoms with van der Waals surface area (Å²) in [5, 5.41) is 1.62. The van der Waals surface area contributed by atoms with E-state index >= 15 is 0 Å². The fourth-order valence-electron chi connectivity index (χ4n) is 3.70. The smallest absolute Gasteiger partial charge is 0.0237 e. The molecule has 0 aliphatic carbocycles. The van der Waals surface area contributed by atoms with Crippen LogP contribution in [0, 0.1) is 0 Å². The zero-order valence-electron chi connectivity index (χ0n) is 11.7. The van der Waals surface area contributed by atoms with Crippen molar-refractivity contribution >= 4 is 13.2 Å². The van der Waals surface area contributed by atoms with Crippen LogP contribution >= 0.6 is 7.92 Å². The van der Waals surface area contributed by atoms with Gasteiger partial charge in [-0.05, 0) is 29.1 Å². The van der Waals surface area contributed by atoms with Gasteiger partial charge in [-0.2, -0.15) is 0 Å². The fourth-order valence-corrected chi connectivity index (χ4v) is 6.92. The Morgan fingerprint density at radius 2 is 1.65 bits per heavy atom. The summed E-state index contributed by atoms with van der Waals surface area (Å²) < 4.78 is 0. The van der Waals surface area contributed by atoms with E-state index in [0.717, 1.165) is 18.2 Å². The van der Waals surface area contributed by atoms with Gasteiger partial charge in [-0.15, -0.1) is 0 Å². The summed E-state index contributed by atoms with van der Waals surface area (Å²) in [5.74, 6) is 0. The Bertz CT molecular complexity index is 568. The summed E-state index contributed by atoms with van der Waals surface area (Å²) in [7, 11) is 0.103. The van der Waals surface area contributed by atoms with Crippen molar-refractivity contribution < 1.29 is 0 Å². The molecular weight excluding hydrogens is 261 g/mol. The van der Waals surface area contributed by atoms with Crippen LogP contribution in [0.2, 0.25) is 0 Å². The van der Waals surface area contributed by atoms with Gasteiger partial charge in [0.15, 0.2) is 0 Å². The standard InChI is InChI=1S/C18H20NP/c1-3-7-15(8-4-1)12-19-13-18-11-16(19)14-20(18)17-9-5-2-6-10-17/h1-10,16,18H,11-14H2/t16-,18-,20+/m0/s1. The molecule has 0 N–H and O–H groups in total. The van der Waals surface area contributed by atoms with Crippen LogP contribution in [0.4, 0.5) is 0 Å². The first-order valence-corrected chi connectivity index (χ1v) is 9.09. The van der Waals surface area contributed by atoms with Crippen molar-refractivity contribution in [3.8, 4) is 0 Å². The van der Waals surface area contributed by atoms with Gasteiger partial charge in [0.05, 0.1) is 0 Å². The first-order chi connectivity index (χ1) is 9.90. The minimum absolute atomic E-state index is 0.103. The molecule has 2 aromatic carbocycles. The van der Waals surface area contributed by atoms with E-state index in [2.05, 4.69) is 65.6 Å². The van der Waals surface area contributed by atoms with Gasteiger partial charge in [0.2, 0.25) is 0 Å². The van der Waals surface area contributed by atoms with Gasteiger partial charge in [0.1, 0.15) is 0 Å². The zero-order valence-corrected chi connectivity index (χ0v) is 12.5. The van der Waals surface area contributed by atoms with Gasteiger partial charge in [0, 0.05) is 19.1 Å². The van der Waals surface area contributed by atoms with Gasteiger partial charge in [0.25, 0.3) is 0 Å². The van der Waals surface area contributed by atoms with Crippen molar-refractivity contribution in [1.29, 1.82) is 0 Å². The van der Waals surface area contributed by atoms with Crippen LogP contribution in [-0.4, -0.2) is 29.3 Å². The quantitative estimate of drug-likeness (QED) is 0.779. The maximum atomic E-state index is 2.71. The van der Waals surface area contributed by atoms with Crippen LogP contribution in [0.5, 0.6) is 0 Å². The van der Waals surface area contributed by atoms with Crippen LogP contribution in [0.15, 0.2) is 60.7 Å². The maximum absolute atomic E-state index is 2.71. The molecule has 0 saturated carbocycles. The molecule has 0 unspecified atom stereocenters. The lowest BCUT2D eigenvalue weighted by molar-refractivity contribution is 0.259. The molecule has 20 heavy (non-hydrogen) atoms. The van der Waals surface area contributed by atoms with Crippen molar-refractivity contribution in [2.75, 3.05) is 12.7 Å². The molecule has 3 atom stereocenters. The van der Waals surface area contributed by atoms with Crippen LogP contribution < -0.4 is 5.30 Å². The average Bonchev–Trinajstić information content (AvgIpc) is 3.09. The molecule has 2 heterocycles. The molecule has 2 aromatic rings. The molecule has 0 spiro atoms. The fraction of sp³-hybridized carbons (Fsp3) is 0.333. The van der Waals surface area contributed by atoms with Crippen LogP contribution in [0.3, 0.4) is 0 Å². The highest BCUT2D eigenvalue weighted by molar-refractivity contribution is 7.66. The Morgan fingerprint density at radius 3 is 2.30 bits per heavy atom. The van der Waals surface area contributed by atoms with E-state index in [1.54, 1.807) is 5.30 Å². The van der Waals surface area contributed by atoms with E-state index in [1.165, 1.54) is 24.7 Å². The Kier molecular flexibility index (Phi) is 3.34. The van der Waals surface area contributed by atoms with Gasteiger partial charge in [-0.1, -0.05) is 68.6 Å². The second kappa shape index (κ2) is 5.31. The summed E-state index contributed by atoms with van der Waals surface area (Å²) in [6.45, 7) is 2.44. The van der Waals surface area contributed by atoms with E-state index < -0.39 is 0 Å². The molecule has 4 rings (SSSR count). The van der Waals surface area contributed by atoms with Gasteiger partial charge < -0.3 is 0 Å². The molecular formula is C18H20NP. The highest BCUT2D eigenvalue weighted by Crippen LogP contribution is 2.54. The third kappa shape index (κ3) is 2.30. The summed E-state index contributed by atoms with van der Waals surface area (Å²) in [5.41, 5.74) is 2.39. The highest BCUT2D eigenvalue weighted by Gasteiger charge is 2.44. The maximum Gasteiger partial charge on any atom is 0.0237 e. The van der Waals surface area contributed by atoms with E-state index in [-0.39, 0.29) is 7.92 Å². The lowest BCUT2D eigenvalue weighted by atomic mass is 10.2. The van der Waals surface area contributed by atoms with Crippen molar-refractivity contribution in [3.63, 3.8) is 0 Å². The summed E-state index contributed by atoms with van der Waals surface area (Å²) >= 11 is 0. The first-order valence-electron chi connectivity index (χ1n) is 7.50. The molecule has 2 saturated heterocycles. The van der Waals surface area contributed by atoms with Crippen LogP contribution in [-0.2, 0) is 6.54 Å². The van der Waals surface area contributed by atoms with Gasteiger partial charge >= 0.3 is 0 Å². The predicted molar refractivity (Wildman–Crippen MR) is 86.9 cm³/mol. The van der Waals surface area contributed by atoms with Crippen LogP contribution in [0.25, 0.3) is 0 Å². The number of rotatable bonds is 3. The third-order valence-corrected chi connectivity index (χ3v) is 7.70. The number of hydrogen-bond acceptors (Lipinski definition) is 1. The molecule has 102 valence electrons. The van der Waals surface area contributed by atoms with Crippen molar-refractivity contribution in [2.24, 2.45) is 0 Å². The average molecular weight is 281 g/mol. The lowest BCUT2D eigenvalue weighted by Crippen LogP contribution is -2.35. The third-order valence-electron chi connectivity index (χ3n) is 4.67. The minimum Gasteiger partial charge on any atom is -0.295 e. The first kappa shape index (κ1) is 12.6. The molecule has 2 aliphatic rings. The van der Waals surface area contributed by atoms with Gasteiger partial charge in [-0.25, -0.2) is 0 Å². The van der Waals surface area contributed by atoms with Crippen molar-refractivity contribution in [3.05, 3.63) is 66.2 Å². The normalized spacial score (nSPS) is 28.9. The number of fused-ring (bicyclic) bond motifs is 2. The minimum atomic E-state index is 0.103. The summed E-state index contributed by atoms with van der Waals surface area (Å²) in [6.07, 6.45) is 2.84.